The highest BCUT2D eigenvalue weighted by molar-refractivity contribution is 5.54. The van der Waals surface area contributed by atoms with Crippen LogP contribution in [-0.2, 0) is 0 Å². The molecule has 1 saturated heterocycles. The first-order chi connectivity index (χ1) is 7.27. The van der Waals surface area contributed by atoms with E-state index in [-0.39, 0.29) is 5.56 Å². The van der Waals surface area contributed by atoms with Gasteiger partial charge in [-0.05, 0) is 44.1 Å². The highest BCUT2D eigenvalue weighted by atomic mass is 19.1. The van der Waals surface area contributed by atoms with Crippen LogP contribution in [0.15, 0.2) is 23.8 Å². The Balaban J connectivity index is 2.29. The zero-order chi connectivity index (χ0) is 10.7. The minimum Gasteiger partial charge on any atom is -0.316 e. The predicted octanol–water partition coefficient (Wildman–Crippen LogP) is 2.73. The Hall–Kier alpha value is -1.22. The lowest BCUT2D eigenvalue weighted by Gasteiger charge is -2.15. The summed E-state index contributed by atoms with van der Waals surface area (Å²) in [4.78, 5) is 0. The molecule has 1 aromatic carbocycles. The number of hydrogen-bond donors (Lipinski definition) is 1. The second-order valence-corrected chi connectivity index (χ2v) is 3.69. The topological polar surface area (TPSA) is 12.0 Å². The molecule has 0 bridgehead atoms. The van der Waals surface area contributed by atoms with Gasteiger partial charge in [-0.15, -0.1) is 0 Å². The van der Waals surface area contributed by atoms with Crippen molar-refractivity contribution in [2.24, 2.45) is 0 Å². The molecule has 1 N–H and O–H groups in total. The third kappa shape index (κ3) is 2.42. The third-order valence-corrected chi connectivity index (χ3v) is 2.59. The van der Waals surface area contributed by atoms with Crippen LogP contribution in [0.3, 0.4) is 0 Å². The number of rotatable bonds is 1. The summed E-state index contributed by atoms with van der Waals surface area (Å²) in [5.41, 5.74) is 1.20. The Morgan fingerprint density at radius 1 is 1.07 bits per heavy atom. The molecule has 0 unspecified atom stereocenters. The van der Waals surface area contributed by atoms with Gasteiger partial charge in [0.15, 0.2) is 0 Å². The SMILES string of the molecule is Fc1cccc(F)c1C=C1CCNCC1. The first-order valence-corrected chi connectivity index (χ1v) is 5.11. The van der Waals surface area contributed by atoms with Gasteiger partial charge < -0.3 is 5.32 Å². The first-order valence-electron chi connectivity index (χ1n) is 5.11. The van der Waals surface area contributed by atoms with E-state index in [4.69, 9.17) is 0 Å². The van der Waals surface area contributed by atoms with Crippen LogP contribution in [-0.4, -0.2) is 13.1 Å². The molecule has 1 aromatic rings. The molecule has 0 amide bonds. The molecule has 0 aromatic heterocycles. The van der Waals surface area contributed by atoms with Gasteiger partial charge in [0.1, 0.15) is 11.6 Å². The van der Waals surface area contributed by atoms with E-state index in [0.29, 0.717) is 0 Å². The van der Waals surface area contributed by atoms with E-state index in [2.05, 4.69) is 5.32 Å². The summed E-state index contributed by atoms with van der Waals surface area (Å²) in [7, 11) is 0. The average Bonchev–Trinajstić information content (AvgIpc) is 2.25. The maximum atomic E-state index is 13.3. The van der Waals surface area contributed by atoms with Gasteiger partial charge in [0, 0.05) is 5.56 Å². The van der Waals surface area contributed by atoms with Gasteiger partial charge in [0.25, 0.3) is 0 Å². The van der Waals surface area contributed by atoms with Crippen LogP contribution in [0.1, 0.15) is 18.4 Å². The number of piperidine rings is 1. The number of nitrogens with one attached hydrogen (secondary N) is 1. The van der Waals surface area contributed by atoms with Crippen molar-refractivity contribution in [1.82, 2.24) is 5.32 Å². The van der Waals surface area contributed by atoms with Gasteiger partial charge in [-0.25, -0.2) is 8.78 Å². The van der Waals surface area contributed by atoms with Crippen LogP contribution >= 0.6 is 0 Å². The molecule has 0 saturated carbocycles. The van der Waals surface area contributed by atoms with Crippen LogP contribution in [0, 0.1) is 11.6 Å². The van der Waals surface area contributed by atoms with E-state index in [1.807, 2.05) is 0 Å². The molecule has 1 fully saturated rings. The summed E-state index contributed by atoms with van der Waals surface area (Å²) in [6.07, 6.45) is 3.38. The second kappa shape index (κ2) is 4.53. The molecule has 1 heterocycles. The quantitative estimate of drug-likeness (QED) is 0.749. The molecule has 3 heteroatoms. The predicted molar refractivity (Wildman–Crippen MR) is 56.4 cm³/mol. The van der Waals surface area contributed by atoms with Crippen molar-refractivity contribution in [2.45, 2.75) is 12.8 Å². The summed E-state index contributed by atoms with van der Waals surface area (Å²) in [6.45, 7) is 1.78. The van der Waals surface area contributed by atoms with Crippen LogP contribution in [0.4, 0.5) is 8.78 Å². The van der Waals surface area contributed by atoms with E-state index in [1.165, 1.54) is 18.2 Å². The molecular formula is C12H13F2N. The smallest absolute Gasteiger partial charge is 0.133 e. The van der Waals surface area contributed by atoms with Gasteiger partial charge >= 0.3 is 0 Å². The fourth-order valence-electron chi connectivity index (χ4n) is 1.74. The van der Waals surface area contributed by atoms with Crippen molar-refractivity contribution in [3.8, 4) is 0 Å². The van der Waals surface area contributed by atoms with Crippen LogP contribution in [0.2, 0.25) is 0 Å². The molecule has 0 spiro atoms. The number of halogens is 2. The maximum Gasteiger partial charge on any atom is 0.133 e. The van der Waals surface area contributed by atoms with Crippen molar-refractivity contribution in [3.63, 3.8) is 0 Å². The van der Waals surface area contributed by atoms with E-state index >= 15 is 0 Å². The Morgan fingerprint density at radius 2 is 1.67 bits per heavy atom. The van der Waals surface area contributed by atoms with Crippen molar-refractivity contribution in [2.75, 3.05) is 13.1 Å². The summed E-state index contributed by atoms with van der Waals surface area (Å²) in [5.74, 6) is -0.970. The summed E-state index contributed by atoms with van der Waals surface area (Å²) in [6, 6.07) is 3.96. The lowest BCUT2D eigenvalue weighted by Crippen LogP contribution is -2.23. The Bertz CT molecular complexity index is 357. The van der Waals surface area contributed by atoms with E-state index in [9.17, 15) is 8.78 Å². The lowest BCUT2D eigenvalue weighted by molar-refractivity contribution is 0.576. The third-order valence-electron chi connectivity index (χ3n) is 2.59. The Morgan fingerprint density at radius 3 is 2.27 bits per heavy atom. The van der Waals surface area contributed by atoms with Crippen molar-refractivity contribution in [1.29, 1.82) is 0 Å². The fraction of sp³-hybridized carbons (Fsp3) is 0.333. The molecule has 1 aliphatic rings. The molecule has 1 nitrogen and oxygen atoms in total. The first kappa shape index (κ1) is 10.3. The average molecular weight is 209 g/mol. The largest absolute Gasteiger partial charge is 0.316 e. The minimum absolute atomic E-state index is 0.0920. The van der Waals surface area contributed by atoms with Crippen molar-refractivity contribution in [3.05, 3.63) is 41.0 Å². The van der Waals surface area contributed by atoms with E-state index < -0.39 is 11.6 Å². The minimum atomic E-state index is -0.485. The highest BCUT2D eigenvalue weighted by Crippen LogP contribution is 2.19. The Kier molecular flexibility index (Phi) is 3.11. The molecule has 15 heavy (non-hydrogen) atoms. The second-order valence-electron chi connectivity index (χ2n) is 3.69. The molecule has 0 aliphatic carbocycles. The summed E-state index contributed by atoms with van der Waals surface area (Å²) >= 11 is 0. The zero-order valence-electron chi connectivity index (χ0n) is 8.39. The van der Waals surface area contributed by atoms with Gasteiger partial charge in [0.05, 0.1) is 0 Å². The molecule has 0 atom stereocenters. The van der Waals surface area contributed by atoms with Crippen LogP contribution in [0.25, 0.3) is 6.08 Å². The monoisotopic (exact) mass is 209 g/mol. The van der Waals surface area contributed by atoms with E-state index in [1.54, 1.807) is 6.08 Å². The van der Waals surface area contributed by atoms with Gasteiger partial charge in [0.2, 0.25) is 0 Å². The van der Waals surface area contributed by atoms with Crippen LogP contribution < -0.4 is 5.32 Å². The van der Waals surface area contributed by atoms with Gasteiger partial charge in [-0.2, -0.15) is 0 Å². The molecule has 1 aliphatic heterocycles. The van der Waals surface area contributed by atoms with Crippen LogP contribution in [0.5, 0.6) is 0 Å². The maximum absolute atomic E-state index is 13.3. The van der Waals surface area contributed by atoms with Crippen molar-refractivity contribution >= 4 is 6.08 Å². The number of benzene rings is 1. The van der Waals surface area contributed by atoms with Gasteiger partial charge in [-0.3, -0.25) is 0 Å². The number of hydrogen-bond acceptors (Lipinski definition) is 1. The summed E-state index contributed by atoms with van der Waals surface area (Å²) < 4.78 is 26.6. The standard InChI is InChI=1S/C12H13F2N/c13-11-2-1-3-12(14)10(11)8-9-4-6-15-7-5-9/h1-3,8,15H,4-7H2. The molecule has 2 rings (SSSR count). The molecule has 0 radical (unpaired) electrons. The molecular weight excluding hydrogens is 196 g/mol. The lowest BCUT2D eigenvalue weighted by atomic mass is 10.0. The van der Waals surface area contributed by atoms with E-state index in [0.717, 1.165) is 31.5 Å². The van der Waals surface area contributed by atoms with Gasteiger partial charge in [-0.1, -0.05) is 11.6 Å². The zero-order valence-corrected chi connectivity index (χ0v) is 8.39. The Labute approximate surface area is 87.8 Å². The van der Waals surface area contributed by atoms with Crippen molar-refractivity contribution < 1.29 is 8.78 Å². The fourth-order valence-corrected chi connectivity index (χ4v) is 1.74. The highest BCUT2D eigenvalue weighted by Gasteiger charge is 2.09. The molecule has 80 valence electrons. The normalized spacial score (nSPS) is 16.5. The summed E-state index contributed by atoms with van der Waals surface area (Å²) in [5, 5.41) is 3.20.